The SMILES string of the molecule is C=CCC[C@@H](c1ccc(OC(C)=O)c(O)c1)N1CCNCC1. The van der Waals surface area contributed by atoms with Crippen LogP contribution in [0.3, 0.4) is 0 Å². The average Bonchev–Trinajstić information content (AvgIpc) is 2.51. The number of carbonyl (C=O) groups is 1. The van der Waals surface area contributed by atoms with Gasteiger partial charge in [0.1, 0.15) is 0 Å². The smallest absolute Gasteiger partial charge is 0.308 e. The number of phenolic OH excluding ortho intramolecular Hbond substituents is 1. The summed E-state index contributed by atoms with van der Waals surface area (Å²) in [5, 5.41) is 13.4. The van der Waals surface area contributed by atoms with E-state index >= 15 is 0 Å². The summed E-state index contributed by atoms with van der Waals surface area (Å²) in [6, 6.07) is 5.52. The van der Waals surface area contributed by atoms with Crippen LogP contribution in [0.15, 0.2) is 30.9 Å². The Hall–Kier alpha value is -1.85. The first kappa shape index (κ1) is 16.5. The third-order valence-corrected chi connectivity index (χ3v) is 3.86. The van der Waals surface area contributed by atoms with Gasteiger partial charge in [-0.25, -0.2) is 0 Å². The third-order valence-electron chi connectivity index (χ3n) is 3.86. The van der Waals surface area contributed by atoms with Gasteiger partial charge in [-0.05, 0) is 30.5 Å². The van der Waals surface area contributed by atoms with Crippen LogP contribution in [-0.2, 0) is 4.79 Å². The van der Waals surface area contributed by atoms with E-state index in [-0.39, 0.29) is 17.5 Å². The highest BCUT2D eigenvalue weighted by molar-refractivity contribution is 5.70. The van der Waals surface area contributed by atoms with E-state index in [0.29, 0.717) is 0 Å². The predicted molar refractivity (Wildman–Crippen MR) is 86.0 cm³/mol. The molecule has 0 bridgehead atoms. The molecule has 1 atom stereocenters. The molecule has 22 heavy (non-hydrogen) atoms. The number of rotatable bonds is 6. The quantitative estimate of drug-likeness (QED) is 0.479. The minimum Gasteiger partial charge on any atom is -0.504 e. The lowest BCUT2D eigenvalue weighted by Crippen LogP contribution is -2.45. The molecule has 1 aromatic carbocycles. The van der Waals surface area contributed by atoms with Crippen molar-refractivity contribution in [2.75, 3.05) is 26.2 Å². The molecular weight excluding hydrogens is 280 g/mol. The average molecular weight is 304 g/mol. The molecule has 1 aromatic rings. The number of nitrogens with zero attached hydrogens (tertiary/aromatic N) is 1. The molecule has 0 saturated carbocycles. The molecule has 0 radical (unpaired) electrons. The Kier molecular flexibility index (Phi) is 5.98. The zero-order chi connectivity index (χ0) is 15.9. The number of benzene rings is 1. The van der Waals surface area contributed by atoms with Gasteiger partial charge in [-0.1, -0.05) is 12.1 Å². The van der Waals surface area contributed by atoms with E-state index in [1.54, 1.807) is 12.1 Å². The molecule has 1 saturated heterocycles. The van der Waals surface area contributed by atoms with E-state index < -0.39 is 5.97 Å². The number of hydrogen-bond acceptors (Lipinski definition) is 5. The van der Waals surface area contributed by atoms with Gasteiger partial charge in [0.05, 0.1) is 0 Å². The second-order valence-corrected chi connectivity index (χ2v) is 5.49. The van der Waals surface area contributed by atoms with Gasteiger partial charge in [-0.2, -0.15) is 0 Å². The molecule has 0 amide bonds. The highest BCUT2D eigenvalue weighted by Crippen LogP contribution is 2.33. The normalized spacial score (nSPS) is 17.0. The maximum Gasteiger partial charge on any atom is 0.308 e. The van der Waals surface area contributed by atoms with E-state index in [9.17, 15) is 9.90 Å². The Bertz CT molecular complexity index is 525. The summed E-state index contributed by atoms with van der Waals surface area (Å²) in [6.07, 6.45) is 3.79. The number of nitrogens with one attached hydrogen (secondary N) is 1. The number of allylic oxidation sites excluding steroid dienone is 1. The van der Waals surface area contributed by atoms with Gasteiger partial charge < -0.3 is 15.2 Å². The molecule has 1 fully saturated rings. The molecule has 1 aliphatic rings. The fraction of sp³-hybridized carbons (Fsp3) is 0.471. The van der Waals surface area contributed by atoms with Crippen molar-refractivity contribution in [3.05, 3.63) is 36.4 Å². The molecule has 5 heteroatoms. The van der Waals surface area contributed by atoms with Crippen LogP contribution in [0.2, 0.25) is 0 Å². The molecule has 0 aliphatic carbocycles. The molecular formula is C17H24N2O3. The largest absolute Gasteiger partial charge is 0.504 e. The second-order valence-electron chi connectivity index (χ2n) is 5.49. The highest BCUT2D eigenvalue weighted by atomic mass is 16.5. The van der Waals surface area contributed by atoms with Crippen LogP contribution in [-0.4, -0.2) is 42.2 Å². The summed E-state index contributed by atoms with van der Waals surface area (Å²) in [5.41, 5.74) is 1.04. The zero-order valence-electron chi connectivity index (χ0n) is 13.0. The summed E-state index contributed by atoms with van der Waals surface area (Å²) in [6.45, 7) is 9.03. The molecule has 0 aromatic heterocycles. The maximum atomic E-state index is 11.0. The van der Waals surface area contributed by atoms with Crippen LogP contribution in [0.1, 0.15) is 31.4 Å². The first-order valence-corrected chi connectivity index (χ1v) is 7.69. The number of aromatic hydroxyl groups is 1. The molecule has 1 aliphatic heterocycles. The van der Waals surface area contributed by atoms with Crippen molar-refractivity contribution in [3.8, 4) is 11.5 Å². The summed E-state index contributed by atoms with van der Waals surface area (Å²) in [4.78, 5) is 13.4. The van der Waals surface area contributed by atoms with E-state index in [0.717, 1.165) is 44.6 Å². The molecule has 1 heterocycles. The number of ether oxygens (including phenoxy) is 1. The lowest BCUT2D eigenvalue weighted by Gasteiger charge is -2.35. The highest BCUT2D eigenvalue weighted by Gasteiger charge is 2.22. The van der Waals surface area contributed by atoms with Crippen LogP contribution < -0.4 is 10.1 Å². The fourth-order valence-electron chi connectivity index (χ4n) is 2.81. The van der Waals surface area contributed by atoms with E-state index in [2.05, 4.69) is 16.8 Å². The van der Waals surface area contributed by atoms with Gasteiger partial charge in [0.15, 0.2) is 11.5 Å². The summed E-state index contributed by atoms with van der Waals surface area (Å²) in [7, 11) is 0. The Balaban J connectivity index is 2.20. The van der Waals surface area contributed by atoms with Gasteiger partial charge in [-0.15, -0.1) is 6.58 Å². The molecule has 0 spiro atoms. The number of hydrogen-bond donors (Lipinski definition) is 2. The molecule has 2 N–H and O–H groups in total. The van der Waals surface area contributed by atoms with Crippen molar-refractivity contribution in [2.45, 2.75) is 25.8 Å². The monoisotopic (exact) mass is 304 g/mol. The number of piperazine rings is 1. The molecule has 120 valence electrons. The van der Waals surface area contributed by atoms with Crippen molar-refractivity contribution in [1.29, 1.82) is 0 Å². The van der Waals surface area contributed by atoms with Crippen molar-refractivity contribution in [3.63, 3.8) is 0 Å². The van der Waals surface area contributed by atoms with E-state index in [4.69, 9.17) is 4.74 Å². The number of esters is 1. The lowest BCUT2D eigenvalue weighted by molar-refractivity contribution is -0.132. The van der Waals surface area contributed by atoms with Gasteiger partial charge in [0, 0.05) is 39.1 Å². The van der Waals surface area contributed by atoms with Crippen LogP contribution in [0.5, 0.6) is 11.5 Å². The standard InChI is InChI=1S/C17H24N2O3/c1-3-4-5-15(19-10-8-18-9-11-19)14-6-7-17(16(21)12-14)22-13(2)20/h3,6-7,12,15,18,21H,1,4-5,8-11H2,2H3/t15-/m0/s1. The molecule has 0 unspecified atom stereocenters. The predicted octanol–water partition coefficient (Wildman–Crippen LogP) is 2.23. The maximum absolute atomic E-state index is 11.0. The van der Waals surface area contributed by atoms with Crippen molar-refractivity contribution < 1.29 is 14.6 Å². The van der Waals surface area contributed by atoms with Crippen molar-refractivity contribution >= 4 is 5.97 Å². The van der Waals surface area contributed by atoms with Gasteiger partial charge >= 0.3 is 5.97 Å². The van der Waals surface area contributed by atoms with Crippen LogP contribution >= 0.6 is 0 Å². The topological polar surface area (TPSA) is 61.8 Å². The summed E-state index contributed by atoms with van der Waals surface area (Å²) < 4.78 is 4.98. The van der Waals surface area contributed by atoms with E-state index in [1.807, 2.05) is 12.1 Å². The number of phenols is 1. The van der Waals surface area contributed by atoms with Crippen molar-refractivity contribution in [1.82, 2.24) is 10.2 Å². The van der Waals surface area contributed by atoms with Crippen LogP contribution in [0, 0.1) is 0 Å². The Morgan fingerprint density at radius 3 is 2.82 bits per heavy atom. The minimum absolute atomic E-state index is 0.00596. The van der Waals surface area contributed by atoms with Gasteiger partial charge in [0.25, 0.3) is 0 Å². The summed E-state index contributed by atoms with van der Waals surface area (Å²) in [5.74, 6) is -0.223. The Morgan fingerprint density at radius 1 is 1.50 bits per heavy atom. The first-order valence-electron chi connectivity index (χ1n) is 7.69. The first-order chi connectivity index (χ1) is 10.6. The molecule has 2 rings (SSSR count). The fourth-order valence-corrected chi connectivity index (χ4v) is 2.81. The molecule has 5 nitrogen and oxygen atoms in total. The number of carbonyl (C=O) groups excluding carboxylic acids is 1. The van der Waals surface area contributed by atoms with Gasteiger partial charge in [0.2, 0.25) is 0 Å². The lowest BCUT2D eigenvalue weighted by atomic mass is 9.99. The van der Waals surface area contributed by atoms with Gasteiger partial charge in [-0.3, -0.25) is 9.69 Å². The Morgan fingerprint density at radius 2 is 2.23 bits per heavy atom. The Labute approximate surface area is 131 Å². The second kappa shape index (κ2) is 7.96. The van der Waals surface area contributed by atoms with Crippen LogP contribution in [0.4, 0.5) is 0 Å². The summed E-state index contributed by atoms with van der Waals surface area (Å²) >= 11 is 0. The zero-order valence-corrected chi connectivity index (χ0v) is 13.0. The minimum atomic E-state index is -0.437. The van der Waals surface area contributed by atoms with Crippen molar-refractivity contribution in [2.24, 2.45) is 0 Å². The van der Waals surface area contributed by atoms with Crippen LogP contribution in [0.25, 0.3) is 0 Å². The third kappa shape index (κ3) is 4.32. The van der Waals surface area contributed by atoms with E-state index in [1.165, 1.54) is 6.92 Å².